The molecule has 0 saturated carbocycles. The fourth-order valence-corrected chi connectivity index (χ4v) is 3.22. The van der Waals surface area contributed by atoms with E-state index >= 15 is 0 Å². The van der Waals surface area contributed by atoms with Crippen molar-refractivity contribution >= 4 is 39.5 Å². The maximum atomic E-state index is 12.4. The van der Waals surface area contributed by atoms with Gasteiger partial charge in [-0.2, -0.15) is 8.42 Å². The molecule has 2 aromatic carbocycles. The lowest BCUT2D eigenvalue weighted by Crippen LogP contribution is -2.11. The second kappa shape index (κ2) is 7.74. The van der Waals surface area contributed by atoms with Crippen LogP contribution in [0.5, 0.6) is 11.5 Å². The summed E-state index contributed by atoms with van der Waals surface area (Å²) in [6.07, 6.45) is 1.13. The Morgan fingerprint density at radius 2 is 1.88 bits per heavy atom. The van der Waals surface area contributed by atoms with Crippen LogP contribution >= 0.6 is 23.2 Å². The number of hydrogen-bond acceptors (Lipinski definition) is 6. The summed E-state index contributed by atoms with van der Waals surface area (Å²) in [4.78, 5) is -0.0774. The first kappa shape index (κ1) is 18.4. The van der Waals surface area contributed by atoms with Gasteiger partial charge in [0.1, 0.15) is 4.90 Å². The molecule has 0 aliphatic heterocycles. The van der Waals surface area contributed by atoms with Crippen molar-refractivity contribution in [3.05, 3.63) is 52.0 Å². The largest absolute Gasteiger partial charge is 0.490 e. The van der Waals surface area contributed by atoms with Crippen molar-refractivity contribution in [2.24, 2.45) is 5.16 Å². The molecule has 0 fully saturated rings. The lowest BCUT2D eigenvalue weighted by Gasteiger charge is -2.14. The molecule has 0 heterocycles. The average molecular weight is 390 g/mol. The molecule has 0 atom stereocenters. The van der Waals surface area contributed by atoms with Crippen LogP contribution in [0.4, 0.5) is 0 Å². The minimum Gasteiger partial charge on any atom is -0.490 e. The second-order valence-electron chi connectivity index (χ2n) is 4.50. The molecule has 0 unspecified atom stereocenters. The van der Waals surface area contributed by atoms with Crippen LogP contribution in [-0.4, -0.2) is 26.4 Å². The summed E-state index contributed by atoms with van der Waals surface area (Å²) in [6.45, 7) is 1.98. The SMILES string of the molecule is CCOc1cc(/C=N\O)cc(Cl)c1OS(=O)(=O)c1ccc(Cl)cc1. The Labute approximate surface area is 149 Å². The topological polar surface area (TPSA) is 85.2 Å². The lowest BCUT2D eigenvalue weighted by atomic mass is 10.2. The Hall–Kier alpha value is -1.96. The Balaban J connectivity index is 2.45. The first-order valence-corrected chi connectivity index (χ1v) is 8.87. The maximum Gasteiger partial charge on any atom is 0.339 e. The minimum atomic E-state index is -4.12. The van der Waals surface area contributed by atoms with Gasteiger partial charge in [0.05, 0.1) is 17.8 Å². The summed E-state index contributed by atoms with van der Waals surface area (Å²) in [5.41, 5.74) is 0.419. The van der Waals surface area contributed by atoms with E-state index in [2.05, 4.69) is 5.16 Å². The van der Waals surface area contributed by atoms with Crippen molar-refractivity contribution in [2.75, 3.05) is 6.61 Å². The smallest absolute Gasteiger partial charge is 0.339 e. The van der Waals surface area contributed by atoms with Crippen LogP contribution in [0.1, 0.15) is 12.5 Å². The van der Waals surface area contributed by atoms with Gasteiger partial charge in [0, 0.05) is 10.6 Å². The van der Waals surface area contributed by atoms with Crippen molar-refractivity contribution < 1.29 is 22.5 Å². The van der Waals surface area contributed by atoms with E-state index in [0.29, 0.717) is 10.6 Å². The van der Waals surface area contributed by atoms with Crippen LogP contribution in [0, 0.1) is 0 Å². The van der Waals surface area contributed by atoms with Crippen LogP contribution in [0.15, 0.2) is 46.4 Å². The Bertz CT molecular complexity index is 851. The van der Waals surface area contributed by atoms with Gasteiger partial charge < -0.3 is 14.1 Å². The molecular weight excluding hydrogens is 377 g/mol. The highest BCUT2D eigenvalue weighted by molar-refractivity contribution is 7.87. The highest BCUT2D eigenvalue weighted by atomic mass is 35.5. The third-order valence-corrected chi connectivity index (χ3v) is 4.60. The normalized spacial score (nSPS) is 11.6. The number of nitrogens with zero attached hydrogens (tertiary/aromatic N) is 1. The van der Waals surface area contributed by atoms with E-state index in [1.165, 1.54) is 36.4 Å². The van der Waals surface area contributed by atoms with Gasteiger partial charge in [-0.3, -0.25) is 0 Å². The van der Waals surface area contributed by atoms with Crippen LogP contribution < -0.4 is 8.92 Å². The van der Waals surface area contributed by atoms with Crippen LogP contribution in [0.2, 0.25) is 10.0 Å². The summed E-state index contributed by atoms with van der Waals surface area (Å²) < 4.78 is 35.3. The van der Waals surface area contributed by atoms with E-state index in [1.54, 1.807) is 6.92 Å². The number of oxime groups is 1. The van der Waals surface area contributed by atoms with Crippen molar-refractivity contribution in [3.63, 3.8) is 0 Å². The van der Waals surface area contributed by atoms with E-state index in [-0.39, 0.29) is 28.0 Å². The fourth-order valence-electron chi connectivity index (χ4n) is 1.83. The third-order valence-electron chi connectivity index (χ3n) is 2.83. The zero-order valence-electron chi connectivity index (χ0n) is 12.4. The number of benzene rings is 2. The molecule has 6 nitrogen and oxygen atoms in total. The standard InChI is InChI=1S/C15H13Cl2NO5S/c1-2-22-14-8-10(9-18-19)7-13(17)15(14)23-24(20,21)12-5-3-11(16)4-6-12/h3-9,19H,2H2,1H3/b18-9-. The average Bonchev–Trinajstić information content (AvgIpc) is 2.52. The zero-order valence-corrected chi connectivity index (χ0v) is 14.8. The Kier molecular flexibility index (Phi) is 5.93. The molecule has 9 heteroatoms. The molecule has 0 radical (unpaired) electrons. The molecule has 2 aromatic rings. The highest BCUT2D eigenvalue weighted by Gasteiger charge is 2.22. The molecule has 0 saturated heterocycles. The molecule has 0 aliphatic carbocycles. The van der Waals surface area contributed by atoms with Gasteiger partial charge in [0.2, 0.25) is 5.75 Å². The molecule has 0 aromatic heterocycles. The van der Waals surface area contributed by atoms with Crippen LogP contribution in [-0.2, 0) is 10.1 Å². The van der Waals surface area contributed by atoms with E-state index in [1.807, 2.05) is 0 Å². The van der Waals surface area contributed by atoms with Gasteiger partial charge in [-0.05, 0) is 43.3 Å². The predicted molar refractivity (Wildman–Crippen MR) is 91.3 cm³/mol. The van der Waals surface area contributed by atoms with Gasteiger partial charge in [0.25, 0.3) is 0 Å². The maximum absolute atomic E-state index is 12.4. The van der Waals surface area contributed by atoms with E-state index in [4.69, 9.17) is 37.3 Å². The summed E-state index contributed by atoms with van der Waals surface area (Å²) in [7, 11) is -4.12. The van der Waals surface area contributed by atoms with Gasteiger partial charge in [-0.1, -0.05) is 28.4 Å². The number of rotatable bonds is 6. The second-order valence-corrected chi connectivity index (χ2v) is 6.89. The quantitative estimate of drug-likeness (QED) is 0.349. The van der Waals surface area contributed by atoms with Crippen LogP contribution in [0.3, 0.4) is 0 Å². The minimum absolute atomic E-state index is 0.00612. The summed E-state index contributed by atoms with van der Waals surface area (Å²) in [5, 5.41) is 11.9. The number of hydrogen-bond donors (Lipinski definition) is 1. The summed E-state index contributed by atoms with van der Waals surface area (Å²) in [6, 6.07) is 8.34. The van der Waals surface area contributed by atoms with Crippen molar-refractivity contribution in [1.82, 2.24) is 0 Å². The van der Waals surface area contributed by atoms with E-state index in [0.717, 1.165) is 6.21 Å². The molecule has 24 heavy (non-hydrogen) atoms. The molecule has 0 amide bonds. The van der Waals surface area contributed by atoms with Crippen LogP contribution in [0.25, 0.3) is 0 Å². The summed E-state index contributed by atoms with van der Waals surface area (Å²) >= 11 is 11.8. The lowest BCUT2D eigenvalue weighted by molar-refractivity contribution is 0.321. The zero-order chi connectivity index (χ0) is 17.7. The van der Waals surface area contributed by atoms with Gasteiger partial charge in [-0.15, -0.1) is 0 Å². The molecule has 0 bridgehead atoms. The predicted octanol–water partition coefficient (Wildman–Crippen LogP) is 3.97. The molecule has 128 valence electrons. The van der Waals surface area contributed by atoms with Crippen molar-refractivity contribution in [3.8, 4) is 11.5 Å². The Morgan fingerprint density at radius 1 is 1.21 bits per heavy atom. The van der Waals surface area contributed by atoms with Crippen molar-refractivity contribution in [2.45, 2.75) is 11.8 Å². The van der Waals surface area contributed by atoms with Crippen molar-refractivity contribution in [1.29, 1.82) is 0 Å². The first-order chi connectivity index (χ1) is 11.4. The number of ether oxygens (including phenoxy) is 1. The number of halogens is 2. The highest BCUT2D eigenvalue weighted by Crippen LogP contribution is 2.38. The molecule has 0 aliphatic rings. The van der Waals surface area contributed by atoms with Gasteiger partial charge in [-0.25, -0.2) is 0 Å². The molecular formula is C15H13Cl2NO5S. The fraction of sp³-hybridized carbons (Fsp3) is 0.133. The monoisotopic (exact) mass is 389 g/mol. The third kappa shape index (κ3) is 4.31. The summed E-state index contributed by atoms with van der Waals surface area (Å²) in [5.74, 6) is -0.0407. The molecule has 1 N–H and O–H groups in total. The van der Waals surface area contributed by atoms with Gasteiger partial charge in [0.15, 0.2) is 5.75 Å². The van der Waals surface area contributed by atoms with E-state index < -0.39 is 10.1 Å². The van der Waals surface area contributed by atoms with E-state index in [9.17, 15) is 8.42 Å². The van der Waals surface area contributed by atoms with Gasteiger partial charge >= 0.3 is 10.1 Å². The first-order valence-electron chi connectivity index (χ1n) is 6.71. The molecule has 2 rings (SSSR count). The Morgan fingerprint density at radius 3 is 2.46 bits per heavy atom. The molecule has 0 spiro atoms.